The molecule has 1 aliphatic heterocycles. The molecule has 2 rings (SSSR count). The van der Waals surface area contributed by atoms with Crippen molar-refractivity contribution in [3.05, 3.63) is 34.9 Å². The van der Waals surface area contributed by atoms with Crippen LogP contribution in [0.5, 0.6) is 0 Å². The van der Waals surface area contributed by atoms with Gasteiger partial charge in [0, 0.05) is 18.1 Å². The molecule has 1 fully saturated rings. The van der Waals surface area contributed by atoms with E-state index in [1.54, 1.807) is 12.1 Å². The van der Waals surface area contributed by atoms with Crippen molar-refractivity contribution in [1.82, 2.24) is 5.32 Å². The Morgan fingerprint density at radius 3 is 2.78 bits per heavy atom. The van der Waals surface area contributed by atoms with Gasteiger partial charge in [-0.2, -0.15) is 0 Å². The molecule has 1 aliphatic rings. The van der Waals surface area contributed by atoms with Crippen molar-refractivity contribution in [2.24, 2.45) is 0 Å². The Hall–Kier alpha value is -1.10. The third-order valence-corrected chi connectivity index (χ3v) is 3.35. The van der Waals surface area contributed by atoms with Gasteiger partial charge in [0.25, 0.3) is 0 Å². The maximum Gasteiger partial charge on any atom is 0.308 e. The van der Waals surface area contributed by atoms with Crippen molar-refractivity contribution < 1.29 is 14.3 Å². The van der Waals surface area contributed by atoms with Gasteiger partial charge in [0.15, 0.2) is 0 Å². The number of hydrogen-bond donors (Lipinski definition) is 1. The van der Waals surface area contributed by atoms with E-state index in [0.29, 0.717) is 18.2 Å². The third-order valence-electron chi connectivity index (χ3n) is 3.10. The van der Waals surface area contributed by atoms with Gasteiger partial charge in [-0.15, -0.1) is 0 Å². The fourth-order valence-electron chi connectivity index (χ4n) is 2.12. The quantitative estimate of drug-likeness (QED) is 0.849. The maximum atomic E-state index is 11.6. The molecule has 1 N–H and O–H groups in total. The van der Waals surface area contributed by atoms with Crippen LogP contribution in [-0.4, -0.2) is 32.8 Å². The number of esters is 1. The summed E-state index contributed by atoms with van der Waals surface area (Å²) in [6.45, 7) is 1.94. The molecule has 1 saturated heterocycles. The van der Waals surface area contributed by atoms with E-state index in [9.17, 15) is 4.79 Å². The van der Waals surface area contributed by atoms with Crippen LogP contribution in [-0.2, 0) is 19.9 Å². The number of rotatable bonds is 3. The molecule has 0 radical (unpaired) electrons. The highest BCUT2D eigenvalue weighted by molar-refractivity contribution is 6.30. The molecule has 0 saturated carbocycles. The molecular weight excluding hydrogens is 254 g/mol. The van der Waals surface area contributed by atoms with Crippen LogP contribution in [0.1, 0.15) is 12.0 Å². The standard InChI is InChI=1S/C13H16ClNO3/c1-17-12(16)8-13(9-15-6-7-18-13)10-2-4-11(14)5-3-10/h2-5,15H,6-9H2,1H3. The van der Waals surface area contributed by atoms with Gasteiger partial charge in [0.2, 0.25) is 0 Å². The van der Waals surface area contributed by atoms with Crippen LogP contribution in [0.4, 0.5) is 0 Å². The van der Waals surface area contributed by atoms with Crippen molar-refractivity contribution in [2.75, 3.05) is 26.8 Å². The second-order valence-corrected chi connectivity index (χ2v) is 4.72. The summed E-state index contributed by atoms with van der Waals surface area (Å²) in [5.41, 5.74) is 0.278. The average Bonchev–Trinajstić information content (AvgIpc) is 2.40. The van der Waals surface area contributed by atoms with Crippen molar-refractivity contribution in [3.8, 4) is 0 Å². The average molecular weight is 270 g/mol. The van der Waals surface area contributed by atoms with Gasteiger partial charge in [0.1, 0.15) is 5.60 Å². The number of halogens is 1. The van der Waals surface area contributed by atoms with Crippen molar-refractivity contribution in [2.45, 2.75) is 12.0 Å². The molecule has 18 heavy (non-hydrogen) atoms. The molecule has 98 valence electrons. The molecule has 0 aliphatic carbocycles. The molecule has 1 aromatic rings. The zero-order valence-corrected chi connectivity index (χ0v) is 11.0. The fourth-order valence-corrected chi connectivity index (χ4v) is 2.25. The summed E-state index contributed by atoms with van der Waals surface area (Å²) >= 11 is 5.88. The highest BCUT2D eigenvalue weighted by atomic mass is 35.5. The van der Waals surface area contributed by atoms with Gasteiger partial charge in [-0.05, 0) is 17.7 Å². The molecule has 5 heteroatoms. The zero-order chi connectivity index (χ0) is 13.0. The van der Waals surface area contributed by atoms with E-state index < -0.39 is 5.60 Å². The molecule has 1 unspecified atom stereocenters. The van der Waals surface area contributed by atoms with Crippen LogP contribution in [0.2, 0.25) is 5.02 Å². The summed E-state index contributed by atoms with van der Waals surface area (Å²) in [7, 11) is 1.38. The Balaban J connectivity index is 2.28. The molecule has 4 nitrogen and oxygen atoms in total. The predicted molar refractivity (Wildman–Crippen MR) is 68.6 cm³/mol. The van der Waals surface area contributed by atoms with Crippen LogP contribution < -0.4 is 5.32 Å². The van der Waals surface area contributed by atoms with E-state index in [1.165, 1.54) is 7.11 Å². The molecular formula is C13H16ClNO3. The summed E-state index contributed by atoms with van der Waals surface area (Å²) < 4.78 is 10.6. The summed E-state index contributed by atoms with van der Waals surface area (Å²) in [5.74, 6) is -0.284. The minimum Gasteiger partial charge on any atom is -0.469 e. The normalized spacial score (nSPS) is 23.7. The summed E-state index contributed by atoms with van der Waals surface area (Å²) in [5, 5.41) is 3.92. The topological polar surface area (TPSA) is 47.6 Å². The summed E-state index contributed by atoms with van der Waals surface area (Å²) in [6.07, 6.45) is 0.193. The lowest BCUT2D eigenvalue weighted by Gasteiger charge is -2.37. The molecule has 1 aromatic carbocycles. The monoisotopic (exact) mass is 269 g/mol. The number of hydrogen-bond acceptors (Lipinski definition) is 4. The molecule has 0 amide bonds. The highest BCUT2D eigenvalue weighted by Gasteiger charge is 2.38. The second-order valence-electron chi connectivity index (χ2n) is 4.28. The van der Waals surface area contributed by atoms with Gasteiger partial charge >= 0.3 is 5.97 Å². The number of morpholine rings is 1. The Kier molecular flexibility index (Phi) is 4.22. The first-order valence-electron chi connectivity index (χ1n) is 5.84. The predicted octanol–water partition coefficient (Wildman–Crippen LogP) is 1.72. The lowest BCUT2D eigenvalue weighted by molar-refractivity contribution is -0.152. The van der Waals surface area contributed by atoms with Crippen LogP contribution in [0.15, 0.2) is 24.3 Å². The Morgan fingerprint density at radius 1 is 1.50 bits per heavy atom. The minimum atomic E-state index is -0.657. The van der Waals surface area contributed by atoms with Crippen LogP contribution in [0.3, 0.4) is 0 Å². The van der Waals surface area contributed by atoms with E-state index >= 15 is 0 Å². The van der Waals surface area contributed by atoms with Crippen LogP contribution in [0, 0.1) is 0 Å². The SMILES string of the molecule is COC(=O)CC1(c2ccc(Cl)cc2)CNCCO1. The second kappa shape index (κ2) is 5.69. The van der Waals surface area contributed by atoms with E-state index in [1.807, 2.05) is 12.1 Å². The van der Waals surface area contributed by atoms with Crippen molar-refractivity contribution in [1.29, 1.82) is 0 Å². The first-order chi connectivity index (χ1) is 8.66. The fraction of sp³-hybridized carbons (Fsp3) is 0.462. The number of methoxy groups -OCH3 is 1. The summed E-state index contributed by atoms with van der Waals surface area (Å²) in [6, 6.07) is 7.37. The van der Waals surface area contributed by atoms with Gasteiger partial charge in [-0.1, -0.05) is 23.7 Å². The van der Waals surface area contributed by atoms with E-state index in [4.69, 9.17) is 21.1 Å². The van der Waals surface area contributed by atoms with Crippen LogP contribution >= 0.6 is 11.6 Å². The number of carbonyl (C=O) groups is 1. The number of nitrogens with one attached hydrogen (secondary N) is 1. The minimum absolute atomic E-state index is 0.193. The van der Waals surface area contributed by atoms with E-state index in [-0.39, 0.29) is 12.4 Å². The Bertz CT molecular complexity index is 413. The van der Waals surface area contributed by atoms with Crippen LogP contribution in [0.25, 0.3) is 0 Å². The molecule has 1 heterocycles. The van der Waals surface area contributed by atoms with E-state index in [2.05, 4.69) is 5.32 Å². The lowest BCUT2D eigenvalue weighted by atomic mass is 9.89. The van der Waals surface area contributed by atoms with E-state index in [0.717, 1.165) is 12.1 Å². The van der Waals surface area contributed by atoms with Crippen molar-refractivity contribution in [3.63, 3.8) is 0 Å². The maximum absolute atomic E-state index is 11.6. The lowest BCUT2D eigenvalue weighted by Crippen LogP contribution is -2.48. The van der Waals surface area contributed by atoms with Crippen molar-refractivity contribution >= 4 is 17.6 Å². The number of carbonyl (C=O) groups excluding carboxylic acids is 1. The summed E-state index contributed by atoms with van der Waals surface area (Å²) in [4.78, 5) is 11.6. The third kappa shape index (κ3) is 2.83. The first kappa shape index (κ1) is 13.3. The largest absolute Gasteiger partial charge is 0.469 e. The number of benzene rings is 1. The molecule has 1 atom stereocenters. The molecule has 0 spiro atoms. The highest BCUT2D eigenvalue weighted by Crippen LogP contribution is 2.32. The van der Waals surface area contributed by atoms with Gasteiger partial charge in [0.05, 0.1) is 20.1 Å². The zero-order valence-electron chi connectivity index (χ0n) is 10.2. The Labute approximate surface area is 111 Å². The van der Waals surface area contributed by atoms with Gasteiger partial charge < -0.3 is 14.8 Å². The van der Waals surface area contributed by atoms with Gasteiger partial charge in [-0.25, -0.2) is 0 Å². The van der Waals surface area contributed by atoms with Gasteiger partial charge in [-0.3, -0.25) is 4.79 Å². The Morgan fingerprint density at radius 2 is 2.22 bits per heavy atom. The smallest absolute Gasteiger partial charge is 0.308 e. The molecule has 0 bridgehead atoms. The molecule has 0 aromatic heterocycles. The number of ether oxygens (including phenoxy) is 2. The first-order valence-corrected chi connectivity index (χ1v) is 6.22.